The second kappa shape index (κ2) is 7.23. The monoisotopic (exact) mass is 316 g/mol. The minimum atomic E-state index is 0.0149. The summed E-state index contributed by atoms with van der Waals surface area (Å²) in [6.07, 6.45) is 0. The molecule has 2 N–H and O–H groups in total. The first-order chi connectivity index (χ1) is 10.9. The van der Waals surface area contributed by atoms with E-state index >= 15 is 0 Å². The highest BCUT2D eigenvalue weighted by molar-refractivity contribution is 5.33. The van der Waals surface area contributed by atoms with Gasteiger partial charge in [-0.05, 0) is 31.7 Å². The molecule has 0 unspecified atom stereocenters. The molecule has 1 heterocycles. The van der Waals surface area contributed by atoms with Gasteiger partial charge in [0.05, 0.1) is 13.2 Å². The number of ether oxygens (including phenoxy) is 1. The number of hydrogen-bond acceptors (Lipinski definition) is 7. The Labute approximate surface area is 137 Å². The van der Waals surface area contributed by atoms with E-state index in [-0.39, 0.29) is 12.0 Å². The van der Waals surface area contributed by atoms with Crippen molar-refractivity contribution in [3.63, 3.8) is 0 Å². The van der Waals surface area contributed by atoms with Crippen LogP contribution in [0.4, 0.5) is 11.9 Å². The molecule has 2 aromatic rings. The van der Waals surface area contributed by atoms with Gasteiger partial charge in [-0.1, -0.05) is 12.1 Å². The maximum Gasteiger partial charge on any atom is 0.229 e. The molecule has 0 bridgehead atoms. The number of methoxy groups -OCH3 is 1. The van der Waals surface area contributed by atoms with Crippen LogP contribution in [0.15, 0.2) is 24.3 Å². The predicted octanol–water partition coefficient (Wildman–Crippen LogP) is 1.72. The summed E-state index contributed by atoms with van der Waals surface area (Å²) in [5, 5.41) is 0. The molecule has 7 heteroatoms. The van der Waals surface area contributed by atoms with Gasteiger partial charge in [0.25, 0.3) is 0 Å². The Morgan fingerprint density at radius 2 is 1.74 bits per heavy atom. The number of nitrogens with zero attached hydrogens (tertiary/aromatic N) is 5. The van der Waals surface area contributed by atoms with Crippen LogP contribution in [-0.2, 0) is 6.54 Å². The molecule has 0 radical (unpaired) electrons. The van der Waals surface area contributed by atoms with Gasteiger partial charge >= 0.3 is 0 Å². The van der Waals surface area contributed by atoms with Crippen molar-refractivity contribution in [2.75, 3.05) is 38.9 Å². The third kappa shape index (κ3) is 4.29. The molecule has 0 amide bonds. The van der Waals surface area contributed by atoms with Gasteiger partial charge in [0, 0.05) is 20.6 Å². The molecule has 0 saturated heterocycles. The summed E-state index contributed by atoms with van der Waals surface area (Å²) in [4.78, 5) is 16.9. The maximum atomic E-state index is 5.80. The predicted molar refractivity (Wildman–Crippen MR) is 91.4 cm³/mol. The van der Waals surface area contributed by atoms with Crippen LogP contribution < -0.4 is 15.4 Å². The number of aromatic nitrogens is 3. The lowest BCUT2D eigenvalue weighted by Gasteiger charge is -2.24. The van der Waals surface area contributed by atoms with Crippen molar-refractivity contribution >= 4 is 11.9 Å². The number of nitrogens with two attached hydrogens (primary N) is 1. The van der Waals surface area contributed by atoms with Crippen LogP contribution in [0.25, 0.3) is 0 Å². The topological polar surface area (TPSA) is 80.4 Å². The fourth-order valence-corrected chi connectivity index (χ4v) is 2.14. The minimum Gasteiger partial charge on any atom is -0.497 e. The highest BCUT2D eigenvalue weighted by Gasteiger charge is 2.17. The van der Waals surface area contributed by atoms with Crippen LogP contribution >= 0.6 is 0 Å². The highest BCUT2D eigenvalue weighted by Crippen LogP contribution is 2.20. The van der Waals surface area contributed by atoms with E-state index in [0.29, 0.717) is 11.8 Å². The van der Waals surface area contributed by atoms with Crippen LogP contribution in [0.2, 0.25) is 0 Å². The largest absolute Gasteiger partial charge is 0.497 e. The Morgan fingerprint density at radius 3 is 2.30 bits per heavy atom. The lowest BCUT2D eigenvalue weighted by molar-refractivity contribution is 0.243. The number of nitrogen functional groups attached to an aromatic ring is 1. The molecule has 7 nitrogen and oxygen atoms in total. The molecular formula is C16H24N6O. The third-order valence-electron chi connectivity index (χ3n) is 3.68. The van der Waals surface area contributed by atoms with E-state index in [4.69, 9.17) is 10.5 Å². The van der Waals surface area contributed by atoms with Crippen molar-refractivity contribution in [2.45, 2.75) is 19.5 Å². The standard InChI is InChI=1S/C16H24N6O/c1-11(14-18-15(17)20-16(19-14)21(2)3)22(4)10-12-6-8-13(23-5)9-7-12/h6-9,11H,10H2,1-5H3,(H2,17,18,19,20)/t11-/m1/s1. The lowest BCUT2D eigenvalue weighted by atomic mass is 10.2. The fourth-order valence-electron chi connectivity index (χ4n) is 2.14. The van der Waals surface area contributed by atoms with Gasteiger partial charge in [0.1, 0.15) is 5.75 Å². The molecule has 0 fully saturated rings. The van der Waals surface area contributed by atoms with Gasteiger partial charge in [-0.2, -0.15) is 15.0 Å². The summed E-state index contributed by atoms with van der Waals surface area (Å²) in [5.41, 5.74) is 6.99. The molecule has 1 aromatic heterocycles. The Kier molecular flexibility index (Phi) is 5.33. The van der Waals surface area contributed by atoms with Crippen LogP contribution in [0.1, 0.15) is 24.4 Å². The SMILES string of the molecule is COc1ccc(CN(C)[C@H](C)c2nc(N)nc(N(C)C)n2)cc1. The maximum absolute atomic E-state index is 5.80. The van der Waals surface area contributed by atoms with E-state index in [1.807, 2.05) is 38.2 Å². The molecular weight excluding hydrogens is 292 g/mol. The van der Waals surface area contributed by atoms with Crippen LogP contribution in [0.3, 0.4) is 0 Å². The molecule has 23 heavy (non-hydrogen) atoms. The van der Waals surface area contributed by atoms with E-state index in [0.717, 1.165) is 12.3 Å². The number of anilines is 2. The normalized spacial score (nSPS) is 12.3. The zero-order valence-electron chi connectivity index (χ0n) is 14.3. The first-order valence-electron chi connectivity index (χ1n) is 7.42. The van der Waals surface area contributed by atoms with Crippen LogP contribution in [0.5, 0.6) is 5.75 Å². The first kappa shape index (κ1) is 17.0. The van der Waals surface area contributed by atoms with Crippen molar-refractivity contribution in [3.8, 4) is 5.75 Å². The van der Waals surface area contributed by atoms with Crippen molar-refractivity contribution < 1.29 is 4.74 Å². The molecule has 0 aliphatic carbocycles. The second-order valence-corrected chi connectivity index (χ2v) is 5.69. The summed E-state index contributed by atoms with van der Waals surface area (Å²) in [6.45, 7) is 2.83. The summed E-state index contributed by atoms with van der Waals surface area (Å²) in [6, 6.07) is 8.03. The zero-order chi connectivity index (χ0) is 17.0. The summed E-state index contributed by atoms with van der Waals surface area (Å²) >= 11 is 0. The van der Waals surface area contributed by atoms with E-state index in [1.54, 1.807) is 7.11 Å². The quantitative estimate of drug-likeness (QED) is 0.869. The molecule has 1 atom stereocenters. The molecule has 124 valence electrons. The Bertz CT molecular complexity index is 644. The minimum absolute atomic E-state index is 0.0149. The molecule has 2 rings (SSSR count). The van der Waals surface area contributed by atoms with Gasteiger partial charge in [-0.15, -0.1) is 0 Å². The third-order valence-corrected chi connectivity index (χ3v) is 3.68. The average molecular weight is 316 g/mol. The molecule has 0 spiro atoms. The smallest absolute Gasteiger partial charge is 0.229 e. The van der Waals surface area contributed by atoms with Gasteiger partial charge in [0.15, 0.2) is 5.82 Å². The van der Waals surface area contributed by atoms with E-state index in [1.165, 1.54) is 5.56 Å². The lowest BCUT2D eigenvalue weighted by Crippen LogP contribution is -2.25. The molecule has 0 aliphatic heterocycles. The van der Waals surface area contributed by atoms with Crippen LogP contribution in [-0.4, -0.2) is 48.1 Å². The Balaban J connectivity index is 2.13. The molecule has 0 aliphatic rings. The number of hydrogen-bond donors (Lipinski definition) is 1. The zero-order valence-corrected chi connectivity index (χ0v) is 14.3. The summed E-state index contributed by atoms with van der Waals surface area (Å²) < 4.78 is 5.18. The summed E-state index contributed by atoms with van der Waals surface area (Å²) in [5.74, 6) is 2.32. The van der Waals surface area contributed by atoms with Gasteiger partial charge in [0.2, 0.25) is 11.9 Å². The van der Waals surface area contributed by atoms with Crippen molar-refractivity contribution in [1.29, 1.82) is 0 Å². The Morgan fingerprint density at radius 1 is 1.09 bits per heavy atom. The highest BCUT2D eigenvalue weighted by atomic mass is 16.5. The van der Waals surface area contributed by atoms with E-state index in [2.05, 4.69) is 38.9 Å². The van der Waals surface area contributed by atoms with Gasteiger partial charge < -0.3 is 15.4 Å². The van der Waals surface area contributed by atoms with Gasteiger partial charge in [-0.25, -0.2) is 0 Å². The van der Waals surface area contributed by atoms with Crippen molar-refractivity contribution in [2.24, 2.45) is 0 Å². The van der Waals surface area contributed by atoms with E-state index in [9.17, 15) is 0 Å². The Hall–Kier alpha value is -2.41. The molecule has 0 saturated carbocycles. The van der Waals surface area contributed by atoms with E-state index < -0.39 is 0 Å². The van der Waals surface area contributed by atoms with Gasteiger partial charge in [-0.3, -0.25) is 4.90 Å². The van der Waals surface area contributed by atoms with Crippen molar-refractivity contribution in [3.05, 3.63) is 35.7 Å². The number of benzene rings is 1. The first-order valence-corrected chi connectivity index (χ1v) is 7.42. The fraction of sp³-hybridized carbons (Fsp3) is 0.438. The van der Waals surface area contributed by atoms with Crippen LogP contribution in [0, 0.1) is 0 Å². The second-order valence-electron chi connectivity index (χ2n) is 5.69. The average Bonchev–Trinajstić information content (AvgIpc) is 2.54. The van der Waals surface area contributed by atoms with Crippen molar-refractivity contribution in [1.82, 2.24) is 19.9 Å². The molecule has 1 aromatic carbocycles. The number of rotatable bonds is 6. The summed E-state index contributed by atoms with van der Waals surface area (Å²) in [7, 11) is 7.45.